The highest BCUT2D eigenvalue weighted by atomic mass is 16.5. The number of nitrogens with zero attached hydrogens (tertiary/aromatic N) is 4. The van der Waals surface area contributed by atoms with E-state index >= 15 is 0 Å². The first-order valence-corrected chi connectivity index (χ1v) is 9.46. The summed E-state index contributed by atoms with van der Waals surface area (Å²) in [6.07, 6.45) is 3.90. The van der Waals surface area contributed by atoms with Crippen LogP contribution in [0.3, 0.4) is 0 Å². The molecule has 30 heavy (non-hydrogen) atoms. The molecule has 0 unspecified atom stereocenters. The van der Waals surface area contributed by atoms with Crippen molar-refractivity contribution in [2.45, 2.75) is 13.3 Å². The summed E-state index contributed by atoms with van der Waals surface area (Å²) in [5.74, 6) is 1.51. The number of hydrogen-bond donors (Lipinski definition) is 1. The fraction of sp³-hybridized carbons (Fsp3) is 0.333. The minimum Gasteiger partial charge on any atom is -0.497 e. The molecule has 0 saturated heterocycles. The average molecular weight is 411 g/mol. The van der Waals surface area contributed by atoms with Crippen LogP contribution in [0.2, 0.25) is 0 Å². The quantitative estimate of drug-likeness (QED) is 0.540. The molecular weight excluding hydrogens is 386 g/mol. The van der Waals surface area contributed by atoms with Gasteiger partial charge in [-0.05, 0) is 37.6 Å². The van der Waals surface area contributed by atoms with Crippen LogP contribution in [0.4, 0.5) is 0 Å². The van der Waals surface area contributed by atoms with E-state index < -0.39 is 0 Å². The van der Waals surface area contributed by atoms with Crippen LogP contribution >= 0.6 is 0 Å². The fourth-order valence-electron chi connectivity index (χ4n) is 2.96. The predicted octanol–water partition coefficient (Wildman–Crippen LogP) is 2.42. The molecule has 0 aliphatic carbocycles. The molecule has 2 aromatic heterocycles. The normalized spacial score (nSPS) is 10.7. The van der Waals surface area contributed by atoms with Crippen LogP contribution in [0.5, 0.6) is 11.5 Å². The Morgan fingerprint density at radius 1 is 1.17 bits per heavy atom. The summed E-state index contributed by atoms with van der Waals surface area (Å²) in [5.41, 5.74) is 2.53. The standard InChI is InChI=1S/C21H25N5O4/c1-14-17(20(27)22-9-5-11-28-2)13-24-26(14)21-23-10-8-18(25-21)16-12-15(29-3)6-7-19(16)30-4/h6-8,10,12-13H,5,9,11H2,1-4H3,(H,22,27). The first-order valence-electron chi connectivity index (χ1n) is 9.46. The van der Waals surface area contributed by atoms with Crippen molar-refractivity contribution in [1.82, 2.24) is 25.1 Å². The Balaban J connectivity index is 1.89. The van der Waals surface area contributed by atoms with Crippen LogP contribution in [0.1, 0.15) is 22.5 Å². The summed E-state index contributed by atoms with van der Waals surface area (Å²) >= 11 is 0. The van der Waals surface area contributed by atoms with E-state index in [4.69, 9.17) is 14.2 Å². The number of ether oxygens (including phenoxy) is 3. The third kappa shape index (κ3) is 4.57. The molecule has 2 heterocycles. The third-order valence-corrected chi connectivity index (χ3v) is 4.58. The summed E-state index contributed by atoms with van der Waals surface area (Å²) in [5, 5.41) is 7.17. The Labute approximate surface area is 175 Å². The van der Waals surface area contributed by atoms with Gasteiger partial charge in [-0.15, -0.1) is 0 Å². The van der Waals surface area contributed by atoms with Crippen molar-refractivity contribution in [3.8, 4) is 28.7 Å². The van der Waals surface area contributed by atoms with E-state index in [9.17, 15) is 4.79 Å². The largest absolute Gasteiger partial charge is 0.497 e. The van der Waals surface area contributed by atoms with Crippen LogP contribution in [0.25, 0.3) is 17.2 Å². The molecule has 1 N–H and O–H groups in total. The minimum atomic E-state index is -0.194. The Morgan fingerprint density at radius 2 is 2.00 bits per heavy atom. The summed E-state index contributed by atoms with van der Waals surface area (Å²) in [6, 6.07) is 7.27. The van der Waals surface area contributed by atoms with E-state index in [1.165, 1.54) is 6.20 Å². The van der Waals surface area contributed by atoms with Gasteiger partial charge in [0, 0.05) is 32.0 Å². The molecule has 0 aliphatic rings. The topological polar surface area (TPSA) is 100 Å². The summed E-state index contributed by atoms with van der Waals surface area (Å²) < 4.78 is 17.3. The van der Waals surface area contributed by atoms with Gasteiger partial charge < -0.3 is 19.5 Å². The molecule has 9 heteroatoms. The predicted molar refractivity (Wildman–Crippen MR) is 111 cm³/mol. The highest BCUT2D eigenvalue weighted by Crippen LogP contribution is 2.32. The van der Waals surface area contributed by atoms with Gasteiger partial charge in [-0.25, -0.2) is 14.6 Å². The zero-order chi connectivity index (χ0) is 21.5. The van der Waals surface area contributed by atoms with Crippen LogP contribution in [-0.4, -0.2) is 60.1 Å². The van der Waals surface area contributed by atoms with Crippen molar-refractivity contribution < 1.29 is 19.0 Å². The van der Waals surface area contributed by atoms with E-state index in [1.54, 1.807) is 45.2 Å². The van der Waals surface area contributed by atoms with E-state index in [2.05, 4.69) is 20.4 Å². The molecule has 0 bridgehead atoms. The first kappa shape index (κ1) is 21.3. The van der Waals surface area contributed by atoms with Crippen LogP contribution in [-0.2, 0) is 4.74 Å². The van der Waals surface area contributed by atoms with Crippen molar-refractivity contribution in [2.24, 2.45) is 0 Å². The summed E-state index contributed by atoms with van der Waals surface area (Å²) in [6.45, 7) is 2.92. The smallest absolute Gasteiger partial charge is 0.254 e. The number of carbonyl (C=O) groups excluding carboxylic acids is 1. The number of amides is 1. The van der Waals surface area contributed by atoms with Crippen LogP contribution in [0, 0.1) is 6.92 Å². The lowest BCUT2D eigenvalue weighted by Crippen LogP contribution is -2.25. The molecule has 1 amide bonds. The van der Waals surface area contributed by atoms with Gasteiger partial charge in [0.1, 0.15) is 11.5 Å². The van der Waals surface area contributed by atoms with Gasteiger partial charge in [0.05, 0.1) is 37.4 Å². The van der Waals surface area contributed by atoms with Crippen molar-refractivity contribution >= 4 is 5.91 Å². The van der Waals surface area contributed by atoms with E-state index in [1.807, 2.05) is 18.2 Å². The Morgan fingerprint density at radius 3 is 2.73 bits per heavy atom. The highest BCUT2D eigenvalue weighted by molar-refractivity contribution is 5.95. The lowest BCUT2D eigenvalue weighted by molar-refractivity contribution is 0.0948. The lowest BCUT2D eigenvalue weighted by atomic mass is 10.1. The van der Waals surface area contributed by atoms with E-state index in [0.717, 1.165) is 12.0 Å². The summed E-state index contributed by atoms with van der Waals surface area (Å²) in [4.78, 5) is 21.4. The third-order valence-electron chi connectivity index (χ3n) is 4.58. The van der Waals surface area contributed by atoms with Crippen molar-refractivity contribution in [1.29, 1.82) is 0 Å². The SMILES string of the molecule is COCCCNC(=O)c1cnn(-c2nccc(-c3cc(OC)ccc3OC)n2)c1C. The van der Waals surface area contributed by atoms with Crippen molar-refractivity contribution in [3.05, 3.63) is 47.9 Å². The molecule has 3 rings (SSSR count). The molecule has 3 aromatic rings. The zero-order valence-electron chi connectivity index (χ0n) is 17.5. The maximum Gasteiger partial charge on any atom is 0.254 e. The molecule has 0 saturated carbocycles. The second-order valence-corrected chi connectivity index (χ2v) is 6.47. The van der Waals surface area contributed by atoms with Gasteiger partial charge in [-0.1, -0.05) is 0 Å². The van der Waals surface area contributed by atoms with Gasteiger partial charge in [0.15, 0.2) is 0 Å². The number of aromatic nitrogens is 4. The van der Waals surface area contributed by atoms with Gasteiger partial charge in [-0.3, -0.25) is 4.79 Å². The number of benzene rings is 1. The Hall–Kier alpha value is -3.46. The molecule has 0 fully saturated rings. The van der Waals surface area contributed by atoms with Crippen LogP contribution in [0.15, 0.2) is 36.7 Å². The van der Waals surface area contributed by atoms with Gasteiger partial charge in [-0.2, -0.15) is 5.10 Å². The molecule has 0 radical (unpaired) electrons. The molecule has 1 aromatic carbocycles. The molecule has 158 valence electrons. The number of rotatable bonds is 9. The van der Waals surface area contributed by atoms with E-state index in [0.29, 0.717) is 47.6 Å². The minimum absolute atomic E-state index is 0.194. The maximum atomic E-state index is 12.4. The highest BCUT2D eigenvalue weighted by Gasteiger charge is 2.17. The van der Waals surface area contributed by atoms with Gasteiger partial charge in [0.25, 0.3) is 11.9 Å². The number of carbonyl (C=O) groups is 1. The molecule has 0 atom stereocenters. The Bertz CT molecular complexity index is 1020. The molecule has 0 spiro atoms. The summed E-state index contributed by atoms with van der Waals surface area (Å²) in [7, 11) is 4.83. The maximum absolute atomic E-state index is 12.4. The average Bonchev–Trinajstić information content (AvgIpc) is 3.17. The fourth-order valence-corrected chi connectivity index (χ4v) is 2.96. The lowest BCUT2D eigenvalue weighted by Gasteiger charge is -2.11. The monoisotopic (exact) mass is 411 g/mol. The van der Waals surface area contributed by atoms with E-state index in [-0.39, 0.29) is 5.91 Å². The second-order valence-electron chi connectivity index (χ2n) is 6.47. The van der Waals surface area contributed by atoms with Gasteiger partial charge in [0.2, 0.25) is 0 Å². The second kappa shape index (κ2) is 9.84. The van der Waals surface area contributed by atoms with Crippen LogP contribution < -0.4 is 14.8 Å². The van der Waals surface area contributed by atoms with Crippen molar-refractivity contribution in [3.63, 3.8) is 0 Å². The zero-order valence-corrected chi connectivity index (χ0v) is 17.5. The van der Waals surface area contributed by atoms with Gasteiger partial charge >= 0.3 is 0 Å². The first-order chi connectivity index (χ1) is 14.6. The number of nitrogens with one attached hydrogen (secondary N) is 1. The number of methoxy groups -OCH3 is 3. The number of hydrogen-bond acceptors (Lipinski definition) is 7. The molecule has 0 aliphatic heterocycles. The Kier molecular flexibility index (Phi) is 6.97. The molecular formula is C21H25N5O4. The molecule has 9 nitrogen and oxygen atoms in total. The van der Waals surface area contributed by atoms with Crippen molar-refractivity contribution in [2.75, 3.05) is 34.5 Å².